The van der Waals surface area contributed by atoms with Gasteiger partial charge in [0.1, 0.15) is 5.82 Å². The normalized spacial score (nSPS) is 18.0. The molecule has 9 heteroatoms. The maximum Gasteiger partial charge on any atom is 0.367 e. The molecule has 0 aliphatic carbocycles. The molecule has 25 heavy (non-hydrogen) atoms. The summed E-state index contributed by atoms with van der Waals surface area (Å²) >= 11 is 0. The standard InChI is InChI=1S/C16H18FN3O5/c1-2-3-8-18-14(21)13(20(24)25)15(22)19(16(18)23)9-7-11-5-4-6-12(17)10-11/h4-6,10,13H,2-3,7-9H2,1H3. The number of unbranched alkanes of at least 4 members (excludes halogenated alkanes) is 1. The number of barbiturate groups is 1. The van der Waals surface area contributed by atoms with E-state index in [2.05, 4.69) is 0 Å². The van der Waals surface area contributed by atoms with Crippen LogP contribution in [-0.4, -0.2) is 51.7 Å². The molecule has 1 aliphatic heterocycles. The first-order valence-electron chi connectivity index (χ1n) is 7.91. The van der Waals surface area contributed by atoms with Crippen LogP contribution in [0.5, 0.6) is 0 Å². The molecule has 0 N–H and O–H groups in total. The minimum absolute atomic E-state index is 0.0161. The summed E-state index contributed by atoms with van der Waals surface area (Å²) in [6.07, 6.45) is 1.29. The highest BCUT2D eigenvalue weighted by atomic mass is 19.1. The van der Waals surface area contributed by atoms with Gasteiger partial charge in [0.2, 0.25) is 0 Å². The molecule has 4 amide bonds. The molecule has 1 unspecified atom stereocenters. The predicted molar refractivity (Wildman–Crippen MR) is 84.6 cm³/mol. The highest BCUT2D eigenvalue weighted by Gasteiger charge is 2.52. The van der Waals surface area contributed by atoms with E-state index in [1.165, 1.54) is 18.2 Å². The zero-order valence-electron chi connectivity index (χ0n) is 13.7. The molecule has 1 fully saturated rings. The van der Waals surface area contributed by atoms with Crippen LogP contribution in [0.1, 0.15) is 25.3 Å². The van der Waals surface area contributed by atoms with Crippen LogP contribution >= 0.6 is 0 Å². The van der Waals surface area contributed by atoms with Gasteiger partial charge in [-0.1, -0.05) is 25.5 Å². The molecular formula is C16H18FN3O5. The van der Waals surface area contributed by atoms with Gasteiger partial charge in [-0.15, -0.1) is 0 Å². The Hall–Kier alpha value is -2.84. The van der Waals surface area contributed by atoms with E-state index >= 15 is 0 Å². The maximum absolute atomic E-state index is 13.2. The van der Waals surface area contributed by atoms with Crippen molar-refractivity contribution >= 4 is 17.8 Å². The summed E-state index contributed by atoms with van der Waals surface area (Å²) in [4.78, 5) is 48.4. The first kappa shape index (κ1) is 18.5. The van der Waals surface area contributed by atoms with Gasteiger partial charge in [0.15, 0.2) is 0 Å². The van der Waals surface area contributed by atoms with Crippen molar-refractivity contribution in [3.05, 3.63) is 45.8 Å². The Morgan fingerprint density at radius 1 is 1.16 bits per heavy atom. The van der Waals surface area contributed by atoms with Crippen molar-refractivity contribution in [2.24, 2.45) is 0 Å². The van der Waals surface area contributed by atoms with Gasteiger partial charge in [-0.3, -0.25) is 29.5 Å². The van der Waals surface area contributed by atoms with Gasteiger partial charge < -0.3 is 0 Å². The van der Waals surface area contributed by atoms with Crippen LogP contribution < -0.4 is 0 Å². The number of hydrogen-bond acceptors (Lipinski definition) is 5. The zero-order valence-corrected chi connectivity index (χ0v) is 13.7. The monoisotopic (exact) mass is 351 g/mol. The van der Waals surface area contributed by atoms with Crippen LogP contribution in [0.2, 0.25) is 0 Å². The molecule has 0 aromatic heterocycles. The van der Waals surface area contributed by atoms with Crippen molar-refractivity contribution in [2.75, 3.05) is 13.1 Å². The fourth-order valence-corrected chi connectivity index (χ4v) is 2.58. The summed E-state index contributed by atoms with van der Waals surface area (Å²) in [5, 5.41) is 11.1. The van der Waals surface area contributed by atoms with E-state index in [-0.39, 0.29) is 19.5 Å². The van der Waals surface area contributed by atoms with Gasteiger partial charge in [0.05, 0.1) is 0 Å². The van der Waals surface area contributed by atoms with Crippen molar-refractivity contribution in [1.29, 1.82) is 0 Å². The Balaban J connectivity index is 2.21. The quantitative estimate of drug-likeness (QED) is 0.422. The molecule has 1 saturated heterocycles. The fraction of sp³-hybridized carbons (Fsp3) is 0.438. The van der Waals surface area contributed by atoms with Crippen molar-refractivity contribution < 1.29 is 23.7 Å². The molecule has 1 aliphatic rings. The molecule has 1 aromatic carbocycles. The average molecular weight is 351 g/mol. The second-order valence-electron chi connectivity index (χ2n) is 5.68. The largest absolute Gasteiger partial charge is 0.367 e. The lowest BCUT2D eigenvalue weighted by atomic mass is 10.1. The molecule has 1 heterocycles. The molecule has 1 aromatic rings. The third kappa shape index (κ3) is 3.98. The van der Waals surface area contributed by atoms with E-state index in [9.17, 15) is 28.9 Å². The van der Waals surface area contributed by atoms with E-state index in [0.29, 0.717) is 23.3 Å². The Labute approximate surface area is 143 Å². The summed E-state index contributed by atoms with van der Waals surface area (Å²) in [7, 11) is 0. The molecule has 2 rings (SSSR count). The zero-order chi connectivity index (χ0) is 18.6. The third-order valence-electron chi connectivity index (χ3n) is 3.92. The number of imide groups is 2. The second kappa shape index (κ2) is 7.82. The molecule has 0 radical (unpaired) electrons. The molecule has 0 spiro atoms. The number of halogens is 1. The van der Waals surface area contributed by atoms with Gasteiger partial charge in [0, 0.05) is 18.0 Å². The van der Waals surface area contributed by atoms with Crippen LogP contribution in [0.15, 0.2) is 24.3 Å². The number of amides is 4. The first-order chi connectivity index (χ1) is 11.9. The van der Waals surface area contributed by atoms with Crippen LogP contribution in [0.25, 0.3) is 0 Å². The maximum atomic E-state index is 13.2. The van der Waals surface area contributed by atoms with E-state index in [1.54, 1.807) is 6.07 Å². The van der Waals surface area contributed by atoms with Gasteiger partial charge in [-0.05, 0) is 30.5 Å². The van der Waals surface area contributed by atoms with Crippen molar-refractivity contribution in [1.82, 2.24) is 9.80 Å². The fourth-order valence-electron chi connectivity index (χ4n) is 2.58. The Kier molecular flexibility index (Phi) is 5.79. The molecule has 8 nitrogen and oxygen atoms in total. The van der Waals surface area contributed by atoms with Crippen LogP contribution in [0.4, 0.5) is 9.18 Å². The SMILES string of the molecule is CCCCN1C(=O)C([N+](=O)[O-])C(=O)N(CCc2cccc(F)c2)C1=O. The summed E-state index contributed by atoms with van der Waals surface area (Å²) in [5.74, 6) is -2.71. The Morgan fingerprint density at radius 3 is 2.36 bits per heavy atom. The van der Waals surface area contributed by atoms with Crippen molar-refractivity contribution in [3.8, 4) is 0 Å². The summed E-state index contributed by atoms with van der Waals surface area (Å²) in [5.41, 5.74) is 0.537. The second-order valence-corrected chi connectivity index (χ2v) is 5.68. The highest BCUT2D eigenvalue weighted by molar-refractivity contribution is 6.17. The summed E-state index contributed by atoms with van der Waals surface area (Å²) < 4.78 is 13.2. The molecule has 0 bridgehead atoms. The number of hydrogen-bond donors (Lipinski definition) is 0. The third-order valence-corrected chi connectivity index (χ3v) is 3.92. The number of nitrogens with zero attached hydrogens (tertiary/aromatic N) is 3. The number of rotatable bonds is 7. The smallest absolute Gasteiger partial charge is 0.266 e. The van der Waals surface area contributed by atoms with Gasteiger partial charge in [0.25, 0.3) is 0 Å². The van der Waals surface area contributed by atoms with E-state index in [0.717, 1.165) is 4.90 Å². The van der Waals surface area contributed by atoms with E-state index in [4.69, 9.17) is 0 Å². The lowest BCUT2D eigenvalue weighted by Crippen LogP contribution is -2.64. The van der Waals surface area contributed by atoms with E-state index in [1.807, 2.05) is 6.92 Å². The molecule has 1 atom stereocenters. The van der Waals surface area contributed by atoms with Crippen LogP contribution in [-0.2, 0) is 16.0 Å². The van der Waals surface area contributed by atoms with Crippen LogP contribution in [0.3, 0.4) is 0 Å². The van der Waals surface area contributed by atoms with Gasteiger partial charge in [-0.2, -0.15) is 0 Å². The Morgan fingerprint density at radius 2 is 1.80 bits per heavy atom. The predicted octanol–water partition coefficient (Wildman–Crippen LogP) is 1.60. The average Bonchev–Trinajstić information content (AvgIpc) is 2.54. The lowest BCUT2D eigenvalue weighted by Gasteiger charge is -2.33. The number of carbonyl (C=O) groups excluding carboxylic acids is 3. The highest BCUT2D eigenvalue weighted by Crippen LogP contribution is 2.17. The van der Waals surface area contributed by atoms with Gasteiger partial charge in [-0.25, -0.2) is 9.18 Å². The van der Waals surface area contributed by atoms with Gasteiger partial charge >= 0.3 is 23.9 Å². The molecule has 134 valence electrons. The topological polar surface area (TPSA) is 101 Å². The van der Waals surface area contributed by atoms with Crippen molar-refractivity contribution in [3.63, 3.8) is 0 Å². The molecule has 0 saturated carbocycles. The van der Waals surface area contributed by atoms with Crippen molar-refractivity contribution in [2.45, 2.75) is 32.2 Å². The number of urea groups is 1. The number of nitro groups is 1. The number of benzene rings is 1. The summed E-state index contributed by atoms with van der Waals surface area (Å²) in [6, 6.07) is 2.65. The summed E-state index contributed by atoms with van der Waals surface area (Å²) in [6.45, 7) is 1.69. The van der Waals surface area contributed by atoms with Crippen LogP contribution in [0, 0.1) is 15.9 Å². The minimum Gasteiger partial charge on any atom is -0.266 e. The lowest BCUT2D eigenvalue weighted by molar-refractivity contribution is -0.496. The number of carbonyl (C=O) groups is 3. The minimum atomic E-state index is -2.11. The molecular weight excluding hydrogens is 333 g/mol. The Bertz CT molecular complexity index is 709. The van der Waals surface area contributed by atoms with E-state index < -0.39 is 34.6 Å². The first-order valence-corrected chi connectivity index (χ1v) is 7.91.